The summed E-state index contributed by atoms with van der Waals surface area (Å²) < 4.78 is 17.9. The van der Waals surface area contributed by atoms with E-state index in [1.54, 1.807) is 0 Å². The fraction of sp³-hybridized carbons (Fsp3) is 0.941. The zero-order chi connectivity index (χ0) is 16.7. The van der Waals surface area contributed by atoms with Crippen molar-refractivity contribution in [2.75, 3.05) is 6.61 Å². The Morgan fingerprint density at radius 3 is 2.61 bits per heavy atom. The van der Waals surface area contributed by atoms with E-state index >= 15 is 0 Å². The van der Waals surface area contributed by atoms with Crippen molar-refractivity contribution in [1.82, 2.24) is 0 Å². The molecule has 23 heavy (non-hydrogen) atoms. The van der Waals surface area contributed by atoms with Gasteiger partial charge in [0.2, 0.25) is 0 Å². The largest absolute Gasteiger partial charge is 0.458 e. The number of hydrogen-bond donors (Lipinski definition) is 1. The standard InChI is InChI=1S/C17H30N2O4/c1-3-11-21-15-10-6-9-14(19-18)17(20)22-12(2)16(15)23-13-7-4-5-8-13/h12-16,18H,3-11H2,1-2H3/t12-,14-,15-,16-/m0/s1. The van der Waals surface area contributed by atoms with Crippen molar-refractivity contribution < 1.29 is 19.0 Å². The molecule has 6 heteroatoms. The van der Waals surface area contributed by atoms with Gasteiger partial charge in [-0.3, -0.25) is 0 Å². The summed E-state index contributed by atoms with van der Waals surface area (Å²) in [5.74, 6) is -0.413. The highest BCUT2D eigenvalue weighted by atomic mass is 16.6. The molecule has 1 aliphatic carbocycles. The Hall–Kier alpha value is -1.01. The maximum atomic E-state index is 12.1. The first-order valence-electron chi connectivity index (χ1n) is 8.99. The number of nitrogens with one attached hydrogen (secondary N) is 1. The van der Waals surface area contributed by atoms with E-state index in [4.69, 9.17) is 19.7 Å². The predicted molar refractivity (Wildman–Crippen MR) is 85.5 cm³/mol. The first-order chi connectivity index (χ1) is 11.2. The minimum atomic E-state index is -0.686. The number of carbonyl (C=O) groups is 1. The average Bonchev–Trinajstić information content (AvgIpc) is 3.05. The van der Waals surface area contributed by atoms with Gasteiger partial charge in [-0.2, -0.15) is 5.11 Å². The van der Waals surface area contributed by atoms with E-state index in [0.717, 1.165) is 32.1 Å². The van der Waals surface area contributed by atoms with Gasteiger partial charge in [0.25, 0.3) is 0 Å². The molecular formula is C17H30N2O4. The van der Waals surface area contributed by atoms with Gasteiger partial charge >= 0.3 is 5.97 Å². The van der Waals surface area contributed by atoms with Gasteiger partial charge in [0.1, 0.15) is 12.2 Å². The summed E-state index contributed by atoms with van der Waals surface area (Å²) in [5.41, 5.74) is 7.19. The Labute approximate surface area is 138 Å². The Morgan fingerprint density at radius 1 is 1.22 bits per heavy atom. The summed E-state index contributed by atoms with van der Waals surface area (Å²) in [6, 6.07) is -0.686. The molecule has 2 rings (SSSR count). The Balaban J connectivity index is 2.10. The average molecular weight is 326 g/mol. The SMILES string of the molecule is CCCO[C@H]1CCC[C@H](N=N)C(=O)O[C@@H](C)[C@@H]1OC1CCCC1. The van der Waals surface area contributed by atoms with Gasteiger partial charge in [-0.15, -0.1) is 0 Å². The molecule has 6 nitrogen and oxygen atoms in total. The lowest BCUT2D eigenvalue weighted by Gasteiger charge is -2.33. The smallest absolute Gasteiger partial charge is 0.333 e. The van der Waals surface area contributed by atoms with Gasteiger partial charge in [-0.05, 0) is 45.4 Å². The minimum absolute atomic E-state index is 0.0668. The quantitative estimate of drug-likeness (QED) is 0.597. The van der Waals surface area contributed by atoms with E-state index < -0.39 is 12.0 Å². The van der Waals surface area contributed by atoms with Gasteiger partial charge in [0, 0.05) is 6.61 Å². The van der Waals surface area contributed by atoms with E-state index in [9.17, 15) is 4.79 Å². The van der Waals surface area contributed by atoms with Crippen molar-refractivity contribution in [3.8, 4) is 0 Å². The molecule has 1 saturated carbocycles. The van der Waals surface area contributed by atoms with Gasteiger partial charge in [0.15, 0.2) is 6.04 Å². The Bertz CT molecular complexity index is 385. The second-order valence-corrected chi connectivity index (χ2v) is 6.63. The topological polar surface area (TPSA) is 81.0 Å². The predicted octanol–water partition coefficient (Wildman–Crippen LogP) is 3.62. The van der Waals surface area contributed by atoms with Crippen LogP contribution in [-0.4, -0.2) is 43.0 Å². The molecule has 2 fully saturated rings. The normalized spacial score (nSPS) is 33.6. The van der Waals surface area contributed by atoms with Crippen molar-refractivity contribution in [2.24, 2.45) is 5.11 Å². The Morgan fingerprint density at radius 2 is 1.96 bits per heavy atom. The number of cyclic esters (lactones) is 1. The maximum Gasteiger partial charge on any atom is 0.333 e. The summed E-state index contributed by atoms with van der Waals surface area (Å²) in [5, 5.41) is 3.42. The molecule has 0 bridgehead atoms. The van der Waals surface area contributed by atoms with Crippen LogP contribution >= 0.6 is 0 Å². The molecule has 1 aliphatic heterocycles. The van der Waals surface area contributed by atoms with Gasteiger partial charge in [-0.25, -0.2) is 10.3 Å². The van der Waals surface area contributed by atoms with Crippen molar-refractivity contribution in [2.45, 2.75) is 95.7 Å². The lowest BCUT2D eigenvalue weighted by atomic mass is 10.0. The molecule has 0 aromatic rings. The number of carbonyl (C=O) groups excluding carboxylic acids is 1. The van der Waals surface area contributed by atoms with Crippen LogP contribution < -0.4 is 0 Å². The summed E-state index contributed by atoms with van der Waals surface area (Å²) in [4.78, 5) is 12.1. The van der Waals surface area contributed by atoms with E-state index in [0.29, 0.717) is 13.0 Å². The summed E-state index contributed by atoms with van der Waals surface area (Å²) >= 11 is 0. The number of hydrogen-bond acceptors (Lipinski definition) is 6. The molecular weight excluding hydrogens is 296 g/mol. The fourth-order valence-electron chi connectivity index (χ4n) is 3.44. The van der Waals surface area contributed by atoms with E-state index in [-0.39, 0.29) is 24.4 Å². The molecule has 0 aromatic carbocycles. The van der Waals surface area contributed by atoms with Crippen LogP contribution in [0, 0.1) is 5.53 Å². The first-order valence-corrected chi connectivity index (χ1v) is 8.99. The summed E-state index contributed by atoms with van der Waals surface area (Å²) in [6.45, 7) is 4.63. The van der Waals surface area contributed by atoms with Crippen LogP contribution in [0.2, 0.25) is 0 Å². The second kappa shape index (κ2) is 9.33. The third-order valence-corrected chi connectivity index (χ3v) is 4.71. The molecule has 2 aliphatic rings. The molecule has 0 aromatic heterocycles. The minimum Gasteiger partial charge on any atom is -0.458 e. The van der Waals surface area contributed by atoms with Crippen LogP contribution in [0.3, 0.4) is 0 Å². The molecule has 0 amide bonds. The third-order valence-electron chi connectivity index (χ3n) is 4.71. The fourth-order valence-corrected chi connectivity index (χ4v) is 3.44. The Kier molecular flexibility index (Phi) is 7.43. The summed E-state index contributed by atoms with van der Waals surface area (Å²) in [6.07, 6.45) is 7.18. The zero-order valence-electron chi connectivity index (χ0n) is 14.3. The van der Waals surface area contributed by atoms with Crippen LogP contribution in [0.4, 0.5) is 0 Å². The summed E-state index contributed by atoms with van der Waals surface area (Å²) in [7, 11) is 0. The van der Waals surface area contributed by atoms with Crippen LogP contribution in [0.25, 0.3) is 0 Å². The molecule has 1 N–H and O–H groups in total. The second-order valence-electron chi connectivity index (χ2n) is 6.63. The van der Waals surface area contributed by atoms with E-state index in [1.165, 1.54) is 12.8 Å². The molecule has 0 unspecified atom stereocenters. The number of ether oxygens (including phenoxy) is 3. The monoisotopic (exact) mass is 326 g/mol. The molecule has 1 heterocycles. The molecule has 0 spiro atoms. The van der Waals surface area contributed by atoms with E-state index in [2.05, 4.69) is 12.0 Å². The van der Waals surface area contributed by atoms with Crippen LogP contribution in [0.5, 0.6) is 0 Å². The molecule has 132 valence electrons. The van der Waals surface area contributed by atoms with Crippen molar-refractivity contribution in [1.29, 1.82) is 5.53 Å². The maximum absolute atomic E-state index is 12.1. The van der Waals surface area contributed by atoms with Crippen molar-refractivity contribution in [3.05, 3.63) is 0 Å². The number of nitrogens with zero attached hydrogens (tertiary/aromatic N) is 1. The van der Waals surface area contributed by atoms with Gasteiger partial charge in [0.05, 0.1) is 12.2 Å². The lowest BCUT2D eigenvalue weighted by molar-refractivity contribution is -0.174. The zero-order valence-corrected chi connectivity index (χ0v) is 14.3. The first kappa shape index (κ1) is 18.3. The number of esters is 1. The number of rotatable bonds is 6. The van der Waals surface area contributed by atoms with Crippen molar-refractivity contribution >= 4 is 5.97 Å². The highest BCUT2D eigenvalue weighted by Crippen LogP contribution is 2.28. The van der Waals surface area contributed by atoms with Crippen LogP contribution in [-0.2, 0) is 19.0 Å². The highest BCUT2D eigenvalue weighted by molar-refractivity contribution is 5.76. The van der Waals surface area contributed by atoms with E-state index in [1.807, 2.05) is 6.92 Å². The van der Waals surface area contributed by atoms with Gasteiger partial charge in [-0.1, -0.05) is 19.8 Å². The lowest BCUT2D eigenvalue weighted by Crippen LogP contribution is -2.44. The molecule has 1 saturated heterocycles. The highest BCUT2D eigenvalue weighted by Gasteiger charge is 2.36. The van der Waals surface area contributed by atoms with Crippen LogP contribution in [0.15, 0.2) is 5.11 Å². The van der Waals surface area contributed by atoms with Crippen molar-refractivity contribution in [3.63, 3.8) is 0 Å². The van der Waals surface area contributed by atoms with Gasteiger partial charge < -0.3 is 14.2 Å². The molecule has 4 atom stereocenters. The third kappa shape index (κ3) is 5.24. The van der Waals surface area contributed by atoms with Crippen LogP contribution in [0.1, 0.15) is 65.2 Å². The molecule has 0 radical (unpaired) electrons.